The quantitative estimate of drug-likeness (QED) is 0.845. The Kier molecular flexibility index (Phi) is 6.17. The molecule has 0 fully saturated rings. The summed E-state index contributed by atoms with van der Waals surface area (Å²) in [5.74, 6) is 0.601. The smallest absolute Gasteiger partial charge is 0.0584 e. The van der Waals surface area contributed by atoms with Crippen LogP contribution in [0.15, 0.2) is 22.7 Å². The second-order valence-electron chi connectivity index (χ2n) is 4.97. The summed E-state index contributed by atoms with van der Waals surface area (Å²) in [4.78, 5) is 0. The largest absolute Gasteiger partial charge is 0.395 e. The fourth-order valence-electron chi connectivity index (χ4n) is 1.80. The molecule has 3 heteroatoms. The van der Waals surface area contributed by atoms with E-state index in [2.05, 4.69) is 60.2 Å². The van der Waals surface area contributed by atoms with Crippen LogP contribution in [-0.4, -0.2) is 17.8 Å². The van der Waals surface area contributed by atoms with Crippen LogP contribution in [0.4, 0.5) is 0 Å². The Morgan fingerprint density at radius 2 is 2.06 bits per heavy atom. The molecule has 0 aliphatic carbocycles. The molecule has 1 aromatic rings. The van der Waals surface area contributed by atoms with Crippen molar-refractivity contribution in [1.29, 1.82) is 0 Å². The van der Waals surface area contributed by atoms with Crippen LogP contribution in [0.2, 0.25) is 0 Å². The van der Waals surface area contributed by atoms with Crippen LogP contribution in [0.3, 0.4) is 0 Å². The average Bonchev–Trinajstić information content (AvgIpc) is 2.28. The summed E-state index contributed by atoms with van der Waals surface area (Å²) < 4.78 is 1.14. The van der Waals surface area contributed by atoms with Crippen molar-refractivity contribution in [3.8, 4) is 0 Å². The predicted molar refractivity (Wildman–Crippen MR) is 76.0 cm³/mol. The monoisotopic (exact) mass is 299 g/mol. The van der Waals surface area contributed by atoms with Gasteiger partial charge >= 0.3 is 0 Å². The Morgan fingerprint density at radius 1 is 1.35 bits per heavy atom. The maximum atomic E-state index is 9.28. The van der Waals surface area contributed by atoms with E-state index in [0.717, 1.165) is 17.4 Å². The number of aliphatic hydroxyl groups excluding tert-OH is 1. The van der Waals surface area contributed by atoms with E-state index in [1.165, 1.54) is 11.1 Å². The molecule has 96 valence electrons. The normalized spacial score (nSPS) is 13.1. The molecule has 1 rings (SSSR count). The van der Waals surface area contributed by atoms with E-state index >= 15 is 0 Å². The van der Waals surface area contributed by atoms with Gasteiger partial charge in [0.25, 0.3) is 0 Å². The first-order valence-corrected chi connectivity index (χ1v) is 6.91. The maximum Gasteiger partial charge on any atom is 0.0584 e. The third kappa shape index (κ3) is 5.19. The summed E-state index contributed by atoms with van der Waals surface area (Å²) in [7, 11) is 0. The molecule has 0 amide bonds. The van der Waals surface area contributed by atoms with Gasteiger partial charge in [0.1, 0.15) is 0 Å². The highest BCUT2D eigenvalue weighted by Crippen LogP contribution is 2.17. The van der Waals surface area contributed by atoms with Crippen molar-refractivity contribution in [3.05, 3.63) is 33.8 Å². The molecule has 0 saturated heterocycles. The number of hydrogen-bond acceptors (Lipinski definition) is 2. The highest BCUT2D eigenvalue weighted by Gasteiger charge is 2.09. The van der Waals surface area contributed by atoms with Crippen LogP contribution in [0.1, 0.15) is 31.4 Å². The number of hydrogen-bond donors (Lipinski definition) is 2. The summed E-state index contributed by atoms with van der Waals surface area (Å²) in [6.45, 7) is 7.43. The third-order valence-electron chi connectivity index (χ3n) is 2.81. The lowest BCUT2D eigenvalue weighted by Crippen LogP contribution is -2.33. The number of rotatable bonds is 6. The van der Waals surface area contributed by atoms with Gasteiger partial charge in [-0.15, -0.1) is 0 Å². The number of nitrogens with one attached hydrogen (secondary N) is 1. The van der Waals surface area contributed by atoms with E-state index in [4.69, 9.17) is 0 Å². The SMILES string of the molecule is Cc1ccc(CNC(CO)CC(C)C)cc1Br. The molecule has 17 heavy (non-hydrogen) atoms. The van der Waals surface area contributed by atoms with Crippen molar-refractivity contribution in [1.82, 2.24) is 5.32 Å². The fraction of sp³-hybridized carbons (Fsp3) is 0.571. The van der Waals surface area contributed by atoms with E-state index < -0.39 is 0 Å². The summed E-state index contributed by atoms with van der Waals surface area (Å²) in [5.41, 5.74) is 2.49. The zero-order valence-electron chi connectivity index (χ0n) is 10.8. The van der Waals surface area contributed by atoms with Crippen LogP contribution >= 0.6 is 15.9 Å². The second-order valence-corrected chi connectivity index (χ2v) is 5.83. The third-order valence-corrected chi connectivity index (χ3v) is 3.66. The van der Waals surface area contributed by atoms with E-state index in [9.17, 15) is 5.11 Å². The Hall–Kier alpha value is -0.380. The Bertz CT molecular complexity index is 352. The van der Waals surface area contributed by atoms with Gasteiger partial charge in [0.2, 0.25) is 0 Å². The van der Waals surface area contributed by atoms with Gasteiger partial charge in [-0.05, 0) is 36.5 Å². The molecule has 1 unspecified atom stereocenters. The summed E-state index contributed by atoms with van der Waals surface area (Å²) >= 11 is 3.53. The summed E-state index contributed by atoms with van der Waals surface area (Å²) in [5, 5.41) is 12.7. The van der Waals surface area contributed by atoms with Gasteiger partial charge in [-0.25, -0.2) is 0 Å². The van der Waals surface area contributed by atoms with Crippen LogP contribution in [0, 0.1) is 12.8 Å². The van der Waals surface area contributed by atoms with Crippen LogP contribution in [0.25, 0.3) is 0 Å². The predicted octanol–water partition coefficient (Wildman–Crippen LogP) is 3.25. The Morgan fingerprint density at radius 3 is 2.59 bits per heavy atom. The lowest BCUT2D eigenvalue weighted by atomic mass is 10.0. The van der Waals surface area contributed by atoms with Gasteiger partial charge in [0.15, 0.2) is 0 Å². The molecule has 0 bridgehead atoms. The first-order valence-electron chi connectivity index (χ1n) is 6.12. The molecule has 2 nitrogen and oxygen atoms in total. The number of aryl methyl sites for hydroxylation is 1. The van der Waals surface area contributed by atoms with Crippen molar-refractivity contribution in [3.63, 3.8) is 0 Å². The van der Waals surface area contributed by atoms with Crippen molar-refractivity contribution in [2.75, 3.05) is 6.61 Å². The molecule has 0 heterocycles. The standard InChI is InChI=1S/C14H22BrNO/c1-10(2)6-13(9-17)16-8-12-5-4-11(3)14(15)7-12/h4-5,7,10,13,16-17H,6,8-9H2,1-3H3. The zero-order chi connectivity index (χ0) is 12.8. The van der Waals surface area contributed by atoms with Crippen molar-refractivity contribution >= 4 is 15.9 Å². The Labute approximate surface area is 113 Å². The van der Waals surface area contributed by atoms with Gasteiger partial charge < -0.3 is 10.4 Å². The number of aliphatic hydroxyl groups is 1. The van der Waals surface area contributed by atoms with E-state index in [0.29, 0.717) is 5.92 Å². The van der Waals surface area contributed by atoms with Crippen LogP contribution in [0.5, 0.6) is 0 Å². The topological polar surface area (TPSA) is 32.3 Å². The van der Waals surface area contributed by atoms with Gasteiger partial charge in [0, 0.05) is 17.1 Å². The average molecular weight is 300 g/mol. The lowest BCUT2D eigenvalue weighted by Gasteiger charge is -2.18. The first kappa shape index (κ1) is 14.7. The summed E-state index contributed by atoms with van der Waals surface area (Å²) in [6, 6.07) is 6.55. The van der Waals surface area contributed by atoms with Crippen molar-refractivity contribution in [2.24, 2.45) is 5.92 Å². The van der Waals surface area contributed by atoms with Crippen LogP contribution in [-0.2, 0) is 6.54 Å². The van der Waals surface area contributed by atoms with Crippen molar-refractivity contribution in [2.45, 2.75) is 39.8 Å². The molecule has 0 aliphatic rings. The lowest BCUT2D eigenvalue weighted by molar-refractivity contribution is 0.223. The van der Waals surface area contributed by atoms with Gasteiger partial charge in [-0.2, -0.15) is 0 Å². The molecule has 1 aromatic carbocycles. The maximum absolute atomic E-state index is 9.28. The van der Waals surface area contributed by atoms with E-state index in [-0.39, 0.29) is 12.6 Å². The first-order chi connectivity index (χ1) is 8.02. The zero-order valence-corrected chi connectivity index (χ0v) is 12.4. The Balaban J connectivity index is 2.50. The van der Waals surface area contributed by atoms with E-state index in [1.807, 2.05) is 0 Å². The minimum absolute atomic E-state index is 0.190. The highest BCUT2D eigenvalue weighted by molar-refractivity contribution is 9.10. The highest BCUT2D eigenvalue weighted by atomic mass is 79.9. The molecule has 2 N–H and O–H groups in total. The van der Waals surface area contributed by atoms with Gasteiger partial charge in [-0.3, -0.25) is 0 Å². The van der Waals surface area contributed by atoms with Gasteiger partial charge in [-0.1, -0.05) is 41.9 Å². The molecule has 0 aliphatic heterocycles. The molecule has 0 aromatic heterocycles. The molecular formula is C14H22BrNO. The van der Waals surface area contributed by atoms with Gasteiger partial charge in [0.05, 0.1) is 6.61 Å². The van der Waals surface area contributed by atoms with Crippen LogP contribution < -0.4 is 5.32 Å². The molecular weight excluding hydrogens is 278 g/mol. The second kappa shape index (κ2) is 7.14. The number of halogens is 1. The number of benzene rings is 1. The summed E-state index contributed by atoms with van der Waals surface area (Å²) in [6.07, 6.45) is 1.00. The fourth-order valence-corrected chi connectivity index (χ4v) is 2.23. The minimum atomic E-state index is 0.190. The van der Waals surface area contributed by atoms with E-state index in [1.54, 1.807) is 0 Å². The molecule has 0 saturated carbocycles. The van der Waals surface area contributed by atoms with Crippen molar-refractivity contribution < 1.29 is 5.11 Å². The molecule has 0 radical (unpaired) electrons. The molecule has 1 atom stereocenters. The molecule has 0 spiro atoms. The minimum Gasteiger partial charge on any atom is -0.395 e.